The normalized spacial score (nSPS) is 22.9. The number of aliphatic carboxylic acids is 1. The third kappa shape index (κ3) is 4.92. The largest absolute Gasteiger partial charge is 0.480 e. The molecule has 0 amide bonds. The number of likely N-dealkylation sites (N-methyl/N-ethyl adjacent to an activating group) is 1. The fraction of sp³-hybridized carbons (Fsp3) is 0.923. The van der Waals surface area contributed by atoms with E-state index in [0.29, 0.717) is 12.5 Å². The molecule has 5 nitrogen and oxygen atoms in total. The Balaban J connectivity index is 2.33. The average Bonchev–Trinajstić information content (AvgIpc) is 2.72. The number of carboxylic acids is 1. The van der Waals surface area contributed by atoms with E-state index < -0.39 is 12.0 Å². The zero-order valence-corrected chi connectivity index (χ0v) is 12.0. The number of rotatable bonds is 7. The third-order valence-electron chi connectivity index (χ3n) is 3.54. The Morgan fingerprint density at radius 1 is 1.50 bits per heavy atom. The van der Waals surface area contributed by atoms with Gasteiger partial charge in [-0.15, -0.1) is 0 Å². The monoisotopic (exact) mass is 257 g/mol. The Morgan fingerprint density at radius 2 is 2.17 bits per heavy atom. The van der Waals surface area contributed by atoms with E-state index in [-0.39, 0.29) is 6.04 Å². The number of nitrogens with one attached hydrogen (secondary N) is 1. The van der Waals surface area contributed by atoms with Gasteiger partial charge in [0.1, 0.15) is 6.04 Å². The van der Waals surface area contributed by atoms with Crippen molar-refractivity contribution in [2.24, 2.45) is 0 Å². The van der Waals surface area contributed by atoms with E-state index in [2.05, 4.69) is 29.2 Å². The van der Waals surface area contributed by atoms with Crippen molar-refractivity contribution in [3.63, 3.8) is 0 Å². The summed E-state index contributed by atoms with van der Waals surface area (Å²) in [6.45, 7) is 6.96. The second-order valence-electron chi connectivity index (χ2n) is 5.71. The van der Waals surface area contributed by atoms with Gasteiger partial charge in [-0.05, 0) is 33.5 Å². The van der Waals surface area contributed by atoms with Gasteiger partial charge in [-0.25, -0.2) is 0 Å². The molecule has 2 atom stereocenters. The van der Waals surface area contributed by atoms with Crippen LogP contribution in [0.25, 0.3) is 0 Å². The van der Waals surface area contributed by atoms with Crippen LogP contribution >= 0.6 is 0 Å². The summed E-state index contributed by atoms with van der Waals surface area (Å²) in [4.78, 5) is 15.7. The highest BCUT2D eigenvalue weighted by atomic mass is 16.4. The molecule has 106 valence electrons. The fourth-order valence-electron chi connectivity index (χ4n) is 2.43. The summed E-state index contributed by atoms with van der Waals surface area (Å²) < 4.78 is 0. The molecule has 0 saturated carbocycles. The maximum atomic E-state index is 11.1. The first-order valence-electron chi connectivity index (χ1n) is 6.77. The smallest absolute Gasteiger partial charge is 0.320 e. The Hall–Kier alpha value is -0.650. The topological polar surface area (TPSA) is 55.8 Å². The summed E-state index contributed by atoms with van der Waals surface area (Å²) in [6, 6.07) is 0.397. The maximum Gasteiger partial charge on any atom is 0.320 e. The van der Waals surface area contributed by atoms with Gasteiger partial charge >= 0.3 is 5.97 Å². The van der Waals surface area contributed by atoms with Crippen LogP contribution in [-0.4, -0.2) is 72.7 Å². The molecule has 1 rings (SSSR count). The predicted molar refractivity (Wildman–Crippen MR) is 72.8 cm³/mol. The predicted octanol–water partition coefficient (Wildman–Crippen LogP) is 0.464. The van der Waals surface area contributed by atoms with Gasteiger partial charge in [-0.2, -0.15) is 0 Å². The molecule has 1 heterocycles. The number of nitrogens with zero attached hydrogens (tertiary/aromatic N) is 2. The van der Waals surface area contributed by atoms with Crippen LogP contribution in [0.1, 0.15) is 26.7 Å². The van der Waals surface area contributed by atoms with E-state index >= 15 is 0 Å². The van der Waals surface area contributed by atoms with Crippen LogP contribution in [0.2, 0.25) is 0 Å². The van der Waals surface area contributed by atoms with E-state index in [1.165, 1.54) is 6.42 Å². The molecule has 1 saturated heterocycles. The molecule has 2 N–H and O–H groups in total. The molecule has 0 aliphatic carbocycles. The Kier molecular flexibility index (Phi) is 6.05. The molecule has 0 aromatic rings. The van der Waals surface area contributed by atoms with Crippen LogP contribution in [0, 0.1) is 0 Å². The van der Waals surface area contributed by atoms with Gasteiger partial charge in [0, 0.05) is 25.2 Å². The molecule has 1 aliphatic heterocycles. The molecular formula is C13H27N3O2. The van der Waals surface area contributed by atoms with Crippen LogP contribution in [0.4, 0.5) is 0 Å². The van der Waals surface area contributed by atoms with Crippen molar-refractivity contribution < 1.29 is 9.90 Å². The van der Waals surface area contributed by atoms with E-state index in [0.717, 1.165) is 19.6 Å². The second-order valence-corrected chi connectivity index (χ2v) is 5.71. The van der Waals surface area contributed by atoms with Crippen molar-refractivity contribution in [2.75, 3.05) is 33.7 Å². The highest BCUT2D eigenvalue weighted by Gasteiger charge is 2.25. The van der Waals surface area contributed by atoms with Gasteiger partial charge in [0.2, 0.25) is 0 Å². The first kappa shape index (κ1) is 15.4. The Labute approximate surface area is 110 Å². The lowest BCUT2D eigenvalue weighted by Gasteiger charge is -2.22. The minimum absolute atomic E-state index is 0.208. The molecule has 0 aromatic carbocycles. The van der Waals surface area contributed by atoms with Crippen LogP contribution in [-0.2, 0) is 4.79 Å². The fourth-order valence-corrected chi connectivity index (χ4v) is 2.43. The average molecular weight is 257 g/mol. The van der Waals surface area contributed by atoms with Crippen LogP contribution < -0.4 is 5.32 Å². The maximum absolute atomic E-state index is 11.1. The second kappa shape index (κ2) is 7.07. The summed E-state index contributed by atoms with van der Waals surface area (Å²) in [5.41, 5.74) is 0. The molecule has 1 aliphatic rings. The third-order valence-corrected chi connectivity index (χ3v) is 3.54. The van der Waals surface area contributed by atoms with Gasteiger partial charge in [-0.3, -0.25) is 4.79 Å². The van der Waals surface area contributed by atoms with Crippen LogP contribution in [0.15, 0.2) is 0 Å². The number of hydrogen-bond acceptors (Lipinski definition) is 4. The van der Waals surface area contributed by atoms with E-state index in [1.807, 2.05) is 13.8 Å². The zero-order valence-electron chi connectivity index (χ0n) is 12.0. The highest BCUT2D eigenvalue weighted by molar-refractivity contribution is 5.73. The Morgan fingerprint density at radius 3 is 2.61 bits per heavy atom. The summed E-state index contributed by atoms with van der Waals surface area (Å²) in [5, 5.41) is 12.2. The van der Waals surface area contributed by atoms with Crippen molar-refractivity contribution >= 4 is 5.97 Å². The van der Waals surface area contributed by atoms with Crippen molar-refractivity contribution in [1.82, 2.24) is 15.1 Å². The first-order chi connectivity index (χ1) is 8.40. The minimum Gasteiger partial charge on any atom is -0.480 e. The lowest BCUT2D eigenvalue weighted by atomic mass is 10.2. The molecule has 0 bridgehead atoms. The van der Waals surface area contributed by atoms with Crippen molar-refractivity contribution in [2.45, 2.75) is 44.8 Å². The molecule has 0 radical (unpaired) electrons. The molecule has 0 aromatic heterocycles. The van der Waals surface area contributed by atoms with Gasteiger partial charge in [0.15, 0.2) is 0 Å². The number of hydrogen-bond donors (Lipinski definition) is 2. The first-order valence-corrected chi connectivity index (χ1v) is 6.77. The molecule has 5 heteroatoms. The highest BCUT2D eigenvalue weighted by Crippen LogP contribution is 2.13. The minimum atomic E-state index is -0.743. The summed E-state index contributed by atoms with van der Waals surface area (Å²) in [5.74, 6) is -0.743. The summed E-state index contributed by atoms with van der Waals surface area (Å²) in [7, 11) is 4.21. The van der Waals surface area contributed by atoms with Gasteiger partial charge in [0.05, 0.1) is 0 Å². The summed E-state index contributed by atoms with van der Waals surface area (Å²) in [6.07, 6.45) is 1.86. The van der Waals surface area contributed by atoms with Crippen LogP contribution in [0.3, 0.4) is 0 Å². The molecule has 2 unspecified atom stereocenters. The zero-order chi connectivity index (χ0) is 13.7. The molecule has 1 fully saturated rings. The number of carboxylic acid groups (broad SMARTS) is 1. The van der Waals surface area contributed by atoms with Crippen molar-refractivity contribution in [3.8, 4) is 0 Å². The number of likely N-dealkylation sites (tertiary alicyclic amines) is 1. The standard InChI is InChI=1S/C13H27N3O2/c1-10(2)14-12(13(17)18)6-8-16-7-5-11(9-16)15(3)4/h10-12,14H,5-9H2,1-4H3,(H,17,18). The lowest BCUT2D eigenvalue weighted by molar-refractivity contribution is -0.139. The SMILES string of the molecule is CC(C)NC(CCN1CCC(N(C)C)C1)C(=O)O. The molecule has 0 spiro atoms. The summed E-state index contributed by atoms with van der Waals surface area (Å²) >= 11 is 0. The van der Waals surface area contributed by atoms with Crippen LogP contribution in [0.5, 0.6) is 0 Å². The quantitative estimate of drug-likeness (QED) is 0.694. The molecular weight excluding hydrogens is 230 g/mol. The molecule has 18 heavy (non-hydrogen) atoms. The van der Waals surface area contributed by atoms with E-state index in [9.17, 15) is 4.79 Å². The van der Waals surface area contributed by atoms with Gasteiger partial charge < -0.3 is 20.2 Å². The number of carbonyl (C=O) groups is 1. The van der Waals surface area contributed by atoms with Crippen molar-refractivity contribution in [1.29, 1.82) is 0 Å². The van der Waals surface area contributed by atoms with E-state index in [1.54, 1.807) is 0 Å². The van der Waals surface area contributed by atoms with Gasteiger partial charge in [-0.1, -0.05) is 13.8 Å². The lowest BCUT2D eigenvalue weighted by Crippen LogP contribution is -2.43. The van der Waals surface area contributed by atoms with E-state index in [4.69, 9.17) is 5.11 Å². The van der Waals surface area contributed by atoms with Crippen molar-refractivity contribution in [3.05, 3.63) is 0 Å². The Bertz CT molecular complexity index is 269. The van der Waals surface area contributed by atoms with Gasteiger partial charge in [0.25, 0.3) is 0 Å².